The quantitative estimate of drug-likeness (QED) is 0.685. The molecule has 1 nitrogen and oxygen atoms in total. The van der Waals surface area contributed by atoms with E-state index < -0.39 is 0 Å². The van der Waals surface area contributed by atoms with Crippen LogP contribution >= 0.6 is 0 Å². The number of hydrogen-bond acceptors (Lipinski definition) is 1. The van der Waals surface area contributed by atoms with Crippen molar-refractivity contribution >= 4 is 6.29 Å². The predicted molar refractivity (Wildman–Crippen MR) is 68.7 cm³/mol. The third kappa shape index (κ3) is 2.57. The van der Waals surface area contributed by atoms with Gasteiger partial charge in [0.15, 0.2) is 0 Å². The van der Waals surface area contributed by atoms with Crippen molar-refractivity contribution in [3.8, 4) is 11.1 Å². The van der Waals surface area contributed by atoms with Crippen LogP contribution in [0.2, 0.25) is 0 Å². The first-order chi connectivity index (χ1) is 7.29. The Balaban J connectivity index is 0.00000128. The van der Waals surface area contributed by atoms with Crippen molar-refractivity contribution in [1.29, 1.82) is 0 Å². The van der Waals surface area contributed by atoms with Gasteiger partial charge in [-0.05, 0) is 18.1 Å². The number of carbonyl (C=O) groups is 1. The first kappa shape index (κ1) is 12.2. The molecule has 1 heteroatoms. The van der Waals surface area contributed by atoms with Gasteiger partial charge < -0.3 is 0 Å². The SMILES string of the molecule is C.Cc1cccc(-c2ccc(C=O)cc2)c1. The number of rotatable bonds is 2. The van der Waals surface area contributed by atoms with E-state index in [9.17, 15) is 4.79 Å². The van der Waals surface area contributed by atoms with Gasteiger partial charge in [0.1, 0.15) is 6.29 Å². The summed E-state index contributed by atoms with van der Waals surface area (Å²) < 4.78 is 0. The fraction of sp³-hybridized carbons (Fsp3) is 0.133. The van der Waals surface area contributed by atoms with E-state index in [1.807, 2.05) is 30.3 Å². The van der Waals surface area contributed by atoms with E-state index in [1.54, 1.807) is 0 Å². The number of hydrogen-bond donors (Lipinski definition) is 0. The second kappa shape index (κ2) is 5.26. The van der Waals surface area contributed by atoms with Crippen molar-refractivity contribution in [2.45, 2.75) is 14.4 Å². The van der Waals surface area contributed by atoms with Crippen molar-refractivity contribution in [3.05, 3.63) is 59.7 Å². The highest BCUT2D eigenvalue weighted by Crippen LogP contribution is 2.20. The van der Waals surface area contributed by atoms with Gasteiger partial charge in [-0.2, -0.15) is 0 Å². The lowest BCUT2D eigenvalue weighted by molar-refractivity contribution is 0.112. The minimum atomic E-state index is 0. The summed E-state index contributed by atoms with van der Waals surface area (Å²) in [5, 5.41) is 0. The van der Waals surface area contributed by atoms with Gasteiger partial charge in [-0.1, -0.05) is 61.5 Å². The Hall–Kier alpha value is -1.89. The maximum absolute atomic E-state index is 10.5. The van der Waals surface area contributed by atoms with Crippen LogP contribution in [0.4, 0.5) is 0 Å². The lowest BCUT2D eigenvalue weighted by Crippen LogP contribution is -1.81. The second-order valence-corrected chi connectivity index (χ2v) is 3.61. The van der Waals surface area contributed by atoms with E-state index in [0.29, 0.717) is 5.56 Å². The third-order valence-electron chi connectivity index (χ3n) is 2.40. The van der Waals surface area contributed by atoms with Crippen molar-refractivity contribution in [1.82, 2.24) is 0 Å². The Morgan fingerprint density at radius 2 is 1.62 bits per heavy atom. The number of carbonyl (C=O) groups excluding carboxylic acids is 1. The Kier molecular flexibility index (Phi) is 4.01. The molecule has 0 N–H and O–H groups in total. The molecule has 0 aromatic heterocycles. The van der Waals surface area contributed by atoms with Crippen LogP contribution in [0.25, 0.3) is 11.1 Å². The average molecular weight is 212 g/mol. The van der Waals surface area contributed by atoms with Crippen LogP contribution in [-0.2, 0) is 0 Å². The van der Waals surface area contributed by atoms with Gasteiger partial charge in [0.2, 0.25) is 0 Å². The van der Waals surface area contributed by atoms with E-state index >= 15 is 0 Å². The highest BCUT2D eigenvalue weighted by molar-refractivity contribution is 5.76. The van der Waals surface area contributed by atoms with Crippen LogP contribution < -0.4 is 0 Å². The zero-order valence-corrected chi connectivity index (χ0v) is 8.60. The van der Waals surface area contributed by atoms with Gasteiger partial charge in [-0.3, -0.25) is 4.79 Å². The highest BCUT2D eigenvalue weighted by Gasteiger charge is 1.97. The van der Waals surface area contributed by atoms with E-state index in [1.165, 1.54) is 11.1 Å². The molecule has 0 amide bonds. The summed E-state index contributed by atoms with van der Waals surface area (Å²) in [5.41, 5.74) is 4.29. The zero-order chi connectivity index (χ0) is 10.7. The zero-order valence-electron chi connectivity index (χ0n) is 8.60. The molecule has 0 saturated carbocycles. The van der Waals surface area contributed by atoms with Gasteiger partial charge in [-0.15, -0.1) is 0 Å². The lowest BCUT2D eigenvalue weighted by atomic mass is 10.0. The summed E-state index contributed by atoms with van der Waals surface area (Å²) in [5.74, 6) is 0. The summed E-state index contributed by atoms with van der Waals surface area (Å²) in [6.45, 7) is 2.07. The van der Waals surface area contributed by atoms with Crippen LogP contribution in [0.1, 0.15) is 23.3 Å². The van der Waals surface area contributed by atoms with E-state index in [-0.39, 0.29) is 7.43 Å². The van der Waals surface area contributed by atoms with Crippen molar-refractivity contribution in [3.63, 3.8) is 0 Å². The van der Waals surface area contributed by atoms with E-state index in [2.05, 4.69) is 25.1 Å². The Morgan fingerprint density at radius 1 is 0.938 bits per heavy atom. The van der Waals surface area contributed by atoms with Crippen LogP contribution in [-0.4, -0.2) is 6.29 Å². The maximum atomic E-state index is 10.5. The van der Waals surface area contributed by atoms with Gasteiger partial charge in [-0.25, -0.2) is 0 Å². The third-order valence-corrected chi connectivity index (χ3v) is 2.40. The molecule has 0 atom stereocenters. The predicted octanol–water partition coefficient (Wildman–Crippen LogP) is 4.11. The molecule has 2 aromatic rings. The maximum Gasteiger partial charge on any atom is 0.150 e. The minimum absolute atomic E-state index is 0. The Bertz CT molecular complexity index is 469. The van der Waals surface area contributed by atoms with Crippen molar-refractivity contribution in [2.75, 3.05) is 0 Å². The molecule has 0 heterocycles. The standard InChI is InChI=1S/C14H12O.CH4/c1-11-3-2-4-14(9-11)13-7-5-12(10-15)6-8-13;/h2-10H,1H3;1H4. The number of benzene rings is 2. The number of aryl methyl sites for hydroxylation is 1. The van der Waals surface area contributed by atoms with Crippen LogP contribution in [0, 0.1) is 6.92 Å². The molecule has 0 saturated heterocycles. The van der Waals surface area contributed by atoms with E-state index in [4.69, 9.17) is 0 Å². The smallest absolute Gasteiger partial charge is 0.150 e. The molecule has 0 aliphatic heterocycles. The summed E-state index contributed by atoms with van der Waals surface area (Å²) in [6.07, 6.45) is 0.861. The summed E-state index contributed by atoms with van der Waals surface area (Å²) in [6, 6.07) is 15.9. The molecule has 2 aromatic carbocycles. The molecular formula is C15H16O. The largest absolute Gasteiger partial charge is 0.298 e. The lowest BCUT2D eigenvalue weighted by Gasteiger charge is -2.02. The molecule has 0 aliphatic carbocycles. The van der Waals surface area contributed by atoms with Gasteiger partial charge in [0.05, 0.1) is 0 Å². The molecule has 82 valence electrons. The summed E-state index contributed by atoms with van der Waals surface area (Å²) in [4.78, 5) is 10.5. The fourth-order valence-electron chi connectivity index (χ4n) is 1.58. The number of aldehydes is 1. The van der Waals surface area contributed by atoms with E-state index in [0.717, 1.165) is 11.8 Å². The molecule has 0 spiro atoms. The molecular weight excluding hydrogens is 196 g/mol. The molecule has 0 fully saturated rings. The average Bonchev–Trinajstić information content (AvgIpc) is 2.29. The highest BCUT2D eigenvalue weighted by atomic mass is 16.1. The van der Waals surface area contributed by atoms with Crippen molar-refractivity contribution < 1.29 is 4.79 Å². The molecule has 16 heavy (non-hydrogen) atoms. The van der Waals surface area contributed by atoms with Crippen LogP contribution in [0.5, 0.6) is 0 Å². The van der Waals surface area contributed by atoms with Gasteiger partial charge >= 0.3 is 0 Å². The topological polar surface area (TPSA) is 17.1 Å². The molecule has 0 aliphatic rings. The minimum Gasteiger partial charge on any atom is -0.298 e. The molecule has 2 rings (SSSR count). The summed E-state index contributed by atoms with van der Waals surface area (Å²) in [7, 11) is 0. The summed E-state index contributed by atoms with van der Waals surface area (Å²) >= 11 is 0. The van der Waals surface area contributed by atoms with Crippen LogP contribution in [0.3, 0.4) is 0 Å². The first-order valence-corrected chi connectivity index (χ1v) is 4.92. The molecule has 0 unspecified atom stereocenters. The monoisotopic (exact) mass is 212 g/mol. The van der Waals surface area contributed by atoms with Crippen molar-refractivity contribution in [2.24, 2.45) is 0 Å². The second-order valence-electron chi connectivity index (χ2n) is 3.61. The van der Waals surface area contributed by atoms with Crippen LogP contribution in [0.15, 0.2) is 48.5 Å². The first-order valence-electron chi connectivity index (χ1n) is 4.92. The van der Waals surface area contributed by atoms with Gasteiger partial charge in [0.25, 0.3) is 0 Å². The normalized spacial score (nSPS) is 9.31. The Labute approximate surface area is 96.8 Å². The molecule has 0 bridgehead atoms. The fourth-order valence-corrected chi connectivity index (χ4v) is 1.58. The van der Waals surface area contributed by atoms with Gasteiger partial charge in [0, 0.05) is 5.56 Å². The Morgan fingerprint density at radius 3 is 2.19 bits per heavy atom. The molecule has 0 radical (unpaired) electrons.